The lowest BCUT2D eigenvalue weighted by molar-refractivity contribution is 0.0117. The number of aliphatic hydroxyl groups excluding tert-OH is 1. The summed E-state index contributed by atoms with van der Waals surface area (Å²) in [6.07, 6.45) is 12.8. The number of benzene rings is 1. The van der Waals surface area contributed by atoms with Gasteiger partial charge < -0.3 is 9.84 Å². The molecular weight excluding hydrogens is 334 g/mol. The van der Waals surface area contributed by atoms with E-state index in [1.54, 1.807) is 0 Å². The van der Waals surface area contributed by atoms with Crippen molar-refractivity contribution in [2.75, 3.05) is 13.2 Å². The van der Waals surface area contributed by atoms with Crippen LogP contribution in [0.2, 0.25) is 5.02 Å². The minimum Gasteiger partial charge on any atom is -0.491 e. The van der Waals surface area contributed by atoms with E-state index < -0.39 is 6.10 Å². The van der Waals surface area contributed by atoms with Crippen molar-refractivity contribution in [2.24, 2.45) is 0 Å². The van der Waals surface area contributed by atoms with Crippen molar-refractivity contribution in [2.45, 2.75) is 82.4 Å². The van der Waals surface area contributed by atoms with Crippen molar-refractivity contribution in [3.8, 4) is 5.75 Å². The molecule has 1 unspecified atom stereocenters. The van der Waals surface area contributed by atoms with Crippen LogP contribution >= 0.6 is 11.6 Å². The van der Waals surface area contributed by atoms with Gasteiger partial charge in [0.1, 0.15) is 18.5 Å². The molecule has 0 heterocycles. The molecule has 4 heteroatoms. The summed E-state index contributed by atoms with van der Waals surface area (Å²) in [6.45, 7) is 1.08. The van der Waals surface area contributed by atoms with Crippen LogP contribution in [-0.4, -0.2) is 41.3 Å². The van der Waals surface area contributed by atoms with E-state index in [4.69, 9.17) is 16.3 Å². The van der Waals surface area contributed by atoms with Gasteiger partial charge in [0.2, 0.25) is 0 Å². The number of rotatable bonds is 7. The van der Waals surface area contributed by atoms with E-state index in [1.165, 1.54) is 64.2 Å². The first-order valence-electron chi connectivity index (χ1n) is 10.0. The fourth-order valence-corrected chi connectivity index (χ4v) is 4.57. The quantitative estimate of drug-likeness (QED) is 0.734. The third-order valence-electron chi connectivity index (χ3n) is 5.77. The molecule has 1 aromatic rings. The molecule has 1 aromatic carbocycles. The molecule has 3 nitrogen and oxygen atoms in total. The molecule has 0 spiro atoms. The maximum atomic E-state index is 10.6. The van der Waals surface area contributed by atoms with Gasteiger partial charge in [-0.1, -0.05) is 50.1 Å². The molecule has 0 radical (unpaired) electrons. The van der Waals surface area contributed by atoms with Crippen LogP contribution in [-0.2, 0) is 0 Å². The first-order chi connectivity index (χ1) is 12.2. The van der Waals surface area contributed by atoms with E-state index in [0.717, 1.165) is 12.3 Å². The van der Waals surface area contributed by atoms with Crippen LogP contribution < -0.4 is 4.74 Å². The monoisotopic (exact) mass is 365 g/mol. The Morgan fingerprint density at radius 2 is 1.44 bits per heavy atom. The predicted octanol–water partition coefficient (Wildman–Crippen LogP) is 5.05. The molecular formula is C21H32ClNO2. The maximum Gasteiger partial charge on any atom is 0.119 e. The lowest BCUT2D eigenvalue weighted by Gasteiger charge is -2.42. The molecule has 0 saturated heterocycles. The van der Waals surface area contributed by atoms with Gasteiger partial charge in [-0.25, -0.2) is 0 Å². The third-order valence-corrected chi connectivity index (χ3v) is 6.02. The molecule has 140 valence electrons. The fourth-order valence-electron chi connectivity index (χ4n) is 4.44. The molecule has 2 fully saturated rings. The van der Waals surface area contributed by atoms with Crippen LogP contribution in [0.4, 0.5) is 0 Å². The van der Waals surface area contributed by atoms with Crippen molar-refractivity contribution in [3.63, 3.8) is 0 Å². The number of aliphatic hydroxyl groups is 1. The zero-order chi connectivity index (χ0) is 17.5. The van der Waals surface area contributed by atoms with Gasteiger partial charge in [0.25, 0.3) is 0 Å². The number of hydrogen-bond donors (Lipinski definition) is 1. The largest absolute Gasteiger partial charge is 0.491 e. The number of nitrogens with zero attached hydrogens (tertiary/aromatic N) is 1. The minimum absolute atomic E-state index is 0.345. The SMILES string of the molecule is OC(COc1ccc(Cl)cc1)CN(C1CCCCC1)C1CCCCC1. The Labute approximate surface area is 157 Å². The normalized spacial score (nSPS) is 21.4. The summed E-state index contributed by atoms with van der Waals surface area (Å²) in [5.41, 5.74) is 0. The van der Waals surface area contributed by atoms with Gasteiger partial charge in [-0.05, 0) is 49.9 Å². The van der Waals surface area contributed by atoms with Crippen LogP contribution in [0.3, 0.4) is 0 Å². The van der Waals surface area contributed by atoms with Crippen molar-refractivity contribution in [3.05, 3.63) is 29.3 Å². The lowest BCUT2D eigenvalue weighted by Crippen LogP contribution is -2.49. The molecule has 2 saturated carbocycles. The van der Waals surface area contributed by atoms with Crippen LogP contribution in [0.5, 0.6) is 5.75 Å². The van der Waals surface area contributed by atoms with E-state index >= 15 is 0 Å². The molecule has 2 aliphatic rings. The summed E-state index contributed by atoms with van der Waals surface area (Å²) in [6, 6.07) is 8.66. The highest BCUT2D eigenvalue weighted by Gasteiger charge is 2.30. The Morgan fingerprint density at radius 1 is 0.920 bits per heavy atom. The average Bonchev–Trinajstić information content (AvgIpc) is 2.67. The maximum absolute atomic E-state index is 10.6. The first-order valence-corrected chi connectivity index (χ1v) is 10.4. The summed E-state index contributed by atoms with van der Waals surface area (Å²) in [5.74, 6) is 0.769. The highest BCUT2D eigenvalue weighted by molar-refractivity contribution is 6.30. The first kappa shape index (κ1) is 19.0. The van der Waals surface area contributed by atoms with Gasteiger partial charge in [0.05, 0.1) is 0 Å². The summed E-state index contributed by atoms with van der Waals surface area (Å²) in [4.78, 5) is 2.63. The molecule has 1 N–H and O–H groups in total. The molecule has 0 aliphatic heterocycles. The summed E-state index contributed by atoms with van der Waals surface area (Å²) in [5, 5.41) is 11.3. The molecule has 1 atom stereocenters. The summed E-state index contributed by atoms with van der Waals surface area (Å²) < 4.78 is 5.76. The Hall–Kier alpha value is -0.770. The second-order valence-corrected chi connectivity index (χ2v) is 8.14. The number of halogens is 1. The van der Waals surface area contributed by atoms with Crippen molar-refractivity contribution in [1.29, 1.82) is 0 Å². The lowest BCUT2D eigenvalue weighted by atomic mass is 9.88. The van der Waals surface area contributed by atoms with Gasteiger partial charge in [0, 0.05) is 23.7 Å². The molecule has 25 heavy (non-hydrogen) atoms. The van der Waals surface area contributed by atoms with E-state index in [-0.39, 0.29) is 0 Å². The van der Waals surface area contributed by atoms with Gasteiger partial charge >= 0.3 is 0 Å². The molecule has 0 aromatic heterocycles. The smallest absolute Gasteiger partial charge is 0.119 e. The molecule has 2 aliphatic carbocycles. The second kappa shape index (κ2) is 9.80. The van der Waals surface area contributed by atoms with Crippen LogP contribution in [0, 0.1) is 0 Å². The van der Waals surface area contributed by atoms with E-state index in [0.29, 0.717) is 23.7 Å². The van der Waals surface area contributed by atoms with E-state index in [1.807, 2.05) is 24.3 Å². The number of hydrogen-bond acceptors (Lipinski definition) is 3. The number of ether oxygens (including phenoxy) is 1. The zero-order valence-corrected chi connectivity index (χ0v) is 16.0. The Morgan fingerprint density at radius 3 is 1.96 bits per heavy atom. The second-order valence-electron chi connectivity index (χ2n) is 7.70. The van der Waals surface area contributed by atoms with Crippen molar-refractivity contribution in [1.82, 2.24) is 4.90 Å². The zero-order valence-electron chi connectivity index (χ0n) is 15.2. The van der Waals surface area contributed by atoms with E-state index in [2.05, 4.69) is 4.90 Å². The van der Waals surface area contributed by atoms with Gasteiger partial charge in [-0.15, -0.1) is 0 Å². The molecule has 3 rings (SSSR count). The topological polar surface area (TPSA) is 32.7 Å². The third kappa shape index (κ3) is 5.87. The van der Waals surface area contributed by atoms with Crippen LogP contribution in [0.15, 0.2) is 24.3 Å². The van der Waals surface area contributed by atoms with Gasteiger partial charge in [-0.3, -0.25) is 4.90 Å². The van der Waals surface area contributed by atoms with Crippen LogP contribution in [0.25, 0.3) is 0 Å². The Kier molecular flexibility index (Phi) is 7.45. The Bertz CT molecular complexity index is 477. The predicted molar refractivity (Wildman–Crippen MR) is 103 cm³/mol. The van der Waals surface area contributed by atoms with Gasteiger partial charge in [-0.2, -0.15) is 0 Å². The summed E-state index contributed by atoms with van der Waals surface area (Å²) in [7, 11) is 0. The fraction of sp³-hybridized carbons (Fsp3) is 0.714. The van der Waals surface area contributed by atoms with Gasteiger partial charge in [0.15, 0.2) is 0 Å². The Balaban J connectivity index is 1.55. The summed E-state index contributed by atoms with van der Waals surface area (Å²) >= 11 is 5.90. The van der Waals surface area contributed by atoms with Crippen LogP contribution in [0.1, 0.15) is 64.2 Å². The highest BCUT2D eigenvalue weighted by atomic mass is 35.5. The highest BCUT2D eigenvalue weighted by Crippen LogP contribution is 2.30. The average molecular weight is 366 g/mol. The standard InChI is InChI=1S/C21H32ClNO2/c22-17-11-13-21(14-12-17)25-16-20(24)15-23(18-7-3-1-4-8-18)19-9-5-2-6-10-19/h11-14,18-20,24H,1-10,15-16H2. The minimum atomic E-state index is -0.445. The molecule has 0 amide bonds. The van der Waals surface area contributed by atoms with Crippen molar-refractivity contribution >= 4 is 11.6 Å². The van der Waals surface area contributed by atoms with E-state index in [9.17, 15) is 5.11 Å². The van der Waals surface area contributed by atoms with Crippen molar-refractivity contribution < 1.29 is 9.84 Å². The molecule has 0 bridgehead atoms.